The number of carbonyl (C=O) groups excluding carboxylic acids is 2. The Bertz CT molecular complexity index is 93.7. The van der Waals surface area contributed by atoms with Crippen LogP contribution >= 0.6 is 23.2 Å². The highest BCUT2D eigenvalue weighted by molar-refractivity contribution is 6.63. The van der Waals surface area contributed by atoms with Crippen LogP contribution in [0.5, 0.6) is 0 Å². The molecule has 0 aliphatic heterocycles. The van der Waals surface area contributed by atoms with Crippen LogP contribution in [0.4, 0.5) is 0 Å². The Balaban J connectivity index is 0. The van der Waals surface area contributed by atoms with E-state index in [-0.39, 0.29) is 5.24 Å². The van der Waals surface area contributed by atoms with Crippen LogP contribution in [0.15, 0.2) is 0 Å². The Morgan fingerprint density at radius 2 is 2.00 bits per heavy atom. The van der Waals surface area contributed by atoms with Gasteiger partial charge in [0.25, 0.3) is 0 Å². The SMILES string of the molecule is CCl.O=CCCCC(=O)Cl. The monoisotopic (exact) mass is 184 g/mol. The lowest BCUT2D eigenvalue weighted by molar-refractivity contribution is -0.112. The summed E-state index contributed by atoms with van der Waals surface area (Å²) in [4.78, 5) is 19.6. The first-order valence-electron chi connectivity index (χ1n) is 2.77. The number of halogens is 2. The first kappa shape index (κ1) is 12.6. The van der Waals surface area contributed by atoms with Crippen LogP contribution in [0.25, 0.3) is 0 Å². The second-order valence-electron chi connectivity index (χ2n) is 1.41. The predicted molar refractivity (Wildman–Crippen MR) is 42.6 cm³/mol. The lowest BCUT2D eigenvalue weighted by Gasteiger charge is -1.84. The molecule has 10 heavy (non-hydrogen) atoms. The van der Waals surface area contributed by atoms with Crippen LogP contribution in [0.3, 0.4) is 0 Å². The molecule has 0 saturated heterocycles. The van der Waals surface area contributed by atoms with E-state index < -0.39 is 0 Å². The number of rotatable bonds is 4. The normalized spacial score (nSPS) is 7.50. The molecule has 0 atom stereocenters. The highest BCUT2D eigenvalue weighted by Crippen LogP contribution is 1.95. The van der Waals surface area contributed by atoms with E-state index in [1.54, 1.807) is 0 Å². The molecule has 60 valence electrons. The van der Waals surface area contributed by atoms with Gasteiger partial charge in [0.1, 0.15) is 6.29 Å². The Kier molecular flexibility index (Phi) is 14.7. The molecular weight excluding hydrogens is 175 g/mol. The van der Waals surface area contributed by atoms with Crippen molar-refractivity contribution in [1.82, 2.24) is 0 Å². The molecule has 2 nitrogen and oxygen atoms in total. The number of carbonyl (C=O) groups is 2. The number of aldehydes is 1. The van der Waals surface area contributed by atoms with Crippen LogP contribution < -0.4 is 0 Å². The topological polar surface area (TPSA) is 34.1 Å². The minimum atomic E-state index is -0.369. The smallest absolute Gasteiger partial charge is 0.221 e. The van der Waals surface area contributed by atoms with Gasteiger partial charge in [-0.2, -0.15) is 0 Å². The van der Waals surface area contributed by atoms with Gasteiger partial charge in [-0.1, -0.05) is 0 Å². The quantitative estimate of drug-likeness (QED) is 0.290. The molecule has 0 aliphatic rings. The van der Waals surface area contributed by atoms with Gasteiger partial charge in [-0.25, -0.2) is 0 Å². The lowest BCUT2D eigenvalue weighted by Crippen LogP contribution is -1.85. The summed E-state index contributed by atoms with van der Waals surface area (Å²) in [6, 6.07) is 0. The van der Waals surface area contributed by atoms with Crippen molar-refractivity contribution >= 4 is 34.7 Å². The fourth-order valence-electron chi connectivity index (χ4n) is 0.324. The summed E-state index contributed by atoms with van der Waals surface area (Å²) in [5.41, 5.74) is 0. The van der Waals surface area contributed by atoms with E-state index in [0.29, 0.717) is 19.3 Å². The summed E-state index contributed by atoms with van der Waals surface area (Å²) >= 11 is 9.60. The van der Waals surface area contributed by atoms with Crippen molar-refractivity contribution in [2.75, 3.05) is 6.38 Å². The van der Waals surface area contributed by atoms with Gasteiger partial charge in [-0.05, 0) is 18.0 Å². The molecular formula is C6H10Cl2O2. The Morgan fingerprint density at radius 1 is 1.50 bits per heavy atom. The molecule has 0 bridgehead atoms. The molecule has 0 amide bonds. The van der Waals surface area contributed by atoms with Crippen molar-refractivity contribution in [1.29, 1.82) is 0 Å². The molecule has 0 N–H and O–H groups in total. The minimum Gasteiger partial charge on any atom is -0.303 e. The summed E-state index contributed by atoms with van der Waals surface area (Å²) < 4.78 is 0. The van der Waals surface area contributed by atoms with Crippen molar-refractivity contribution in [2.45, 2.75) is 19.3 Å². The highest BCUT2D eigenvalue weighted by atomic mass is 35.5. The number of unbranched alkanes of at least 4 members (excludes halogenated alkanes) is 1. The van der Waals surface area contributed by atoms with Crippen molar-refractivity contribution < 1.29 is 9.59 Å². The van der Waals surface area contributed by atoms with Crippen LogP contribution in [-0.4, -0.2) is 17.9 Å². The van der Waals surface area contributed by atoms with Gasteiger partial charge in [-0.15, -0.1) is 11.6 Å². The van der Waals surface area contributed by atoms with Gasteiger partial charge in [0, 0.05) is 19.2 Å². The third-order valence-corrected chi connectivity index (χ3v) is 0.884. The molecule has 0 aromatic rings. The second kappa shape index (κ2) is 11.7. The van der Waals surface area contributed by atoms with E-state index in [9.17, 15) is 9.59 Å². The van der Waals surface area contributed by atoms with Crippen LogP contribution in [-0.2, 0) is 9.59 Å². The molecule has 0 rings (SSSR count). The summed E-state index contributed by atoms with van der Waals surface area (Å²) in [5, 5.41) is -0.369. The maximum atomic E-state index is 9.97. The maximum absolute atomic E-state index is 9.97. The predicted octanol–water partition coefficient (Wildman–Crippen LogP) is 1.98. The van der Waals surface area contributed by atoms with Crippen molar-refractivity contribution in [2.24, 2.45) is 0 Å². The largest absolute Gasteiger partial charge is 0.303 e. The van der Waals surface area contributed by atoms with E-state index in [1.165, 1.54) is 6.38 Å². The average Bonchev–Trinajstić information content (AvgIpc) is 1.92. The Morgan fingerprint density at radius 3 is 2.30 bits per heavy atom. The fourth-order valence-corrected chi connectivity index (χ4v) is 0.458. The molecule has 0 fully saturated rings. The Labute approximate surface area is 70.5 Å². The van der Waals surface area contributed by atoms with E-state index >= 15 is 0 Å². The molecule has 0 radical (unpaired) electrons. The summed E-state index contributed by atoms with van der Waals surface area (Å²) in [6.45, 7) is 0. The molecule has 0 spiro atoms. The van der Waals surface area contributed by atoms with Gasteiger partial charge in [0.05, 0.1) is 0 Å². The molecule has 0 aromatic heterocycles. The number of hydrogen-bond acceptors (Lipinski definition) is 2. The zero-order chi connectivity index (χ0) is 8.41. The van der Waals surface area contributed by atoms with Gasteiger partial charge in [0.15, 0.2) is 0 Å². The minimum absolute atomic E-state index is 0.306. The van der Waals surface area contributed by atoms with Crippen LogP contribution in [0.1, 0.15) is 19.3 Å². The third-order valence-electron chi connectivity index (χ3n) is 0.695. The number of hydrogen-bond donors (Lipinski definition) is 0. The van der Waals surface area contributed by atoms with Gasteiger partial charge < -0.3 is 4.79 Å². The molecule has 4 heteroatoms. The summed E-state index contributed by atoms with van der Waals surface area (Å²) in [5.74, 6) is 0. The zero-order valence-electron chi connectivity index (χ0n) is 5.77. The average molecular weight is 185 g/mol. The zero-order valence-corrected chi connectivity index (χ0v) is 7.28. The molecule has 0 unspecified atom stereocenters. The third kappa shape index (κ3) is 15.7. The molecule has 0 aromatic carbocycles. The van der Waals surface area contributed by atoms with Crippen molar-refractivity contribution in [3.63, 3.8) is 0 Å². The standard InChI is InChI=1S/C5H7ClO2.CH3Cl/c6-5(8)3-1-2-4-7;1-2/h4H,1-3H2;1H3. The summed E-state index contributed by atoms with van der Waals surface area (Å²) in [7, 11) is 0. The summed E-state index contributed by atoms with van der Waals surface area (Å²) in [6.07, 6.45) is 3.56. The van der Waals surface area contributed by atoms with E-state index in [1.807, 2.05) is 0 Å². The number of alkyl halides is 1. The fraction of sp³-hybridized carbons (Fsp3) is 0.667. The maximum Gasteiger partial charge on any atom is 0.221 e. The van der Waals surface area contributed by atoms with Crippen LogP contribution in [0, 0.1) is 0 Å². The van der Waals surface area contributed by atoms with E-state index in [0.717, 1.165) is 6.29 Å². The van der Waals surface area contributed by atoms with Crippen LogP contribution in [0.2, 0.25) is 0 Å². The molecule has 0 aliphatic carbocycles. The van der Waals surface area contributed by atoms with Gasteiger partial charge in [0.2, 0.25) is 5.24 Å². The van der Waals surface area contributed by atoms with Gasteiger partial charge >= 0.3 is 0 Å². The second-order valence-corrected chi connectivity index (χ2v) is 1.84. The first-order valence-corrected chi connectivity index (χ1v) is 3.90. The van der Waals surface area contributed by atoms with E-state index in [2.05, 4.69) is 11.6 Å². The first-order chi connectivity index (χ1) is 4.77. The van der Waals surface area contributed by atoms with Crippen molar-refractivity contribution in [3.8, 4) is 0 Å². The highest BCUT2D eigenvalue weighted by Gasteiger charge is 1.92. The van der Waals surface area contributed by atoms with Crippen molar-refractivity contribution in [3.05, 3.63) is 0 Å². The Hall–Kier alpha value is -0.0800. The van der Waals surface area contributed by atoms with Gasteiger partial charge in [-0.3, -0.25) is 4.79 Å². The molecule has 0 saturated carbocycles. The lowest BCUT2D eigenvalue weighted by atomic mass is 10.3. The molecule has 0 heterocycles. The van der Waals surface area contributed by atoms with E-state index in [4.69, 9.17) is 11.6 Å².